The van der Waals surface area contributed by atoms with Crippen LogP contribution in [0.15, 0.2) is 66.9 Å². The van der Waals surface area contributed by atoms with E-state index in [1.54, 1.807) is 0 Å². The van der Waals surface area contributed by atoms with Crippen LogP contribution in [-0.4, -0.2) is 25.5 Å². The van der Waals surface area contributed by atoms with E-state index in [1.807, 2.05) is 90.1 Å². The van der Waals surface area contributed by atoms with E-state index in [0.29, 0.717) is 17.8 Å². The number of hydrogen-bond donors (Lipinski definition) is 1. The normalized spacial score (nSPS) is 10.9. The number of carbonyl (C=O) groups excluding carboxylic acids is 1. The van der Waals surface area contributed by atoms with Gasteiger partial charge in [0.2, 0.25) is 0 Å². The predicted octanol–water partition coefficient (Wildman–Crippen LogP) is 4.30. The van der Waals surface area contributed by atoms with Gasteiger partial charge in [-0.05, 0) is 32.9 Å². The Bertz CT molecular complexity index is 1160. The molecule has 152 valence electrons. The summed E-state index contributed by atoms with van der Waals surface area (Å²) in [5, 5.41) is 12.2. The van der Waals surface area contributed by atoms with Crippen LogP contribution in [0.2, 0.25) is 0 Å². The van der Waals surface area contributed by atoms with E-state index in [9.17, 15) is 4.79 Å². The molecule has 0 radical (unpaired) electrons. The van der Waals surface area contributed by atoms with Crippen molar-refractivity contribution >= 4 is 5.91 Å². The van der Waals surface area contributed by atoms with Crippen molar-refractivity contribution in [2.75, 3.05) is 0 Å². The average Bonchev–Trinajstić information content (AvgIpc) is 3.32. The number of carbonyl (C=O) groups is 1. The minimum absolute atomic E-state index is 0.141. The van der Waals surface area contributed by atoms with Crippen LogP contribution in [0.5, 0.6) is 0 Å². The Morgan fingerprint density at radius 3 is 2.27 bits per heavy atom. The highest BCUT2D eigenvalue weighted by atomic mass is 16.1. The molecule has 30 heavy (non-hydrogen) atoms. The van der Waals surface area contributed by atoms with Gasteiger partial charge in [0.25, 0.3) is 5.91 Å². The molecule has 0 aliphatic rings. The Balaban J connectivity index is 1.71. The smallest absolute Gasteiger partial charge is 0.255 e. The fraction of sp³-hybridized carbons (Fsp3) is 0.208. The van der Waals surface area contributed by atoms with Crippen LogP contribution in [0, 0.1) is 13.8 Å². The van der Waals surface area contributed by atoms with E-state index in [0.717, 1.165) is 34.7 Å². The molecule has 2 aromatic carbocycles. The van der Waals surface area contributed by atoms with Gasteiger partial charge in [0.05, 0.1) is 23.1 Å². The minimum Gasteiger partial charge on any atom is -0.348 e. The third kappa shape index (κ3) is 3.64. The average molecular weight is 399 g/mol. The number of nitrogens with zero attached hydrogens (tertiary/aromatic N) is 4. The maximum Gasteiger partial charge on any atom is 0.255 e. The van der Waals surface area contributed by atoms with E-state index >= 15 is 0 Å². The lowest BCUT2D eigenvalue weighted by Crippen LogP contribution is -2.24. The van der Waals surface area contributed by atoms with Gasteiger partial charge in [-0.3, -0.25) is 9.48 Å². The standard InChI is InChI=1S/C24H25N5O/c1-4-28-17(2)20(16-26-28)15-25-24(30)22-18(3)29(21-13-9-6-10-14-21)27-23(22)19-11-7-5-8-12-19/h5-14,16H,4,15H2,1-3H3,(H,25,30). The molecule has 1 N–H and O–H groups in total. The first-order chi connectivity index (χ1) is 14.6. The number of para-hydroxylation sites is 1. The van der Waals surface area contributed by atoms with Crippen molar-refractivity contribution in [3.8, 4) is 16.9 Å². The number of nitrogens with one attached hydrogen (secondary N) is 1. The Kier molecular flexibility index (Phi) is 5.48. The molecule has 2 aromatic heterocycles. The minimum atomic E-state index is -0.141. The molecule has 6 nitrogen and oxygen atoms in total. The van der Waals surface area contributed by atoms with Gasteiger partial charge in [0.1, 0.15) is 5.69 Å². The second-order valence-corrected chi connectivity index (χ2v) is 7.18. The SMILES string of the molecule is CCn1ncc(CNC(=O)c2c(-c3ccccc3)nn(-c3ccccc3)c2C)c1C. The van der Waals surface area contributed by atoms with Crippen molar-refractivity contribution < 1.29 is 4.79 Å². The summed E-state index contributed by atoms with van der Waals surface area (Å²) in [5.41, 5.74) is 5.98. The molecule has 0 saturated heterocycles. The molecule has 6 heteroatoms. The number of hydrogen-bond acceptors (Lipinski definition) is 3. The molecule has 2 heterocycles. The van der Waals surface area contributed by atoms with Crippen molar-refractivity contribution in [1.82, 2.24) is 24.9 Å². The van der Waals surface area contributed by atoms with E-state index in [4.69, 9.17) is 5.10 Å². The van der Waals surface area contributed by atoms with Crippen molar-refractivity contribution in [1.29, 1.82) is 0 Å². The number of aryl methyl sites for hydroxylation is 1. The molecule has 0 aliphatic heterocycles. The number of rotatable bonds is 6. The van der Waals surface area contributed by atoms with Crippen LogP contribution in [0.1, 0.15) is 34.2 Å². The molecule has 0 spiro atoms. The van der Waals surface area contributed by atoms with E-state index in [-0.39, 0.29) is 5.91 Å². The van der Waals surface area contributed by atoms with Gasteiger partial charge in [-0.2, -0.15) is 10.2 Å². The molecule has 0 bridgehead atoms. The van der Waals surface area contributed by atoms with Gasteiger partial charge in [-0.15, -0.1) is 0 Å². The van der Waals surface area contributed by atoms with Crippen LogP contribution < -0.4 is 5.32 Å². The van der Waals surface area contributed by atoms with Crippen LogP contribution >= 0.6 is 0 Å². The zero-order valence-electron chi connectivity index (χ0n) is 17.5. The predicted molar refractivity (Wildman–Crippen MR) is 118 cm³/mol. The molecule has 0 aliphatic carbocycles. The fourth-order valence-electron chi connectivity index (χ4n) is 3.63. The first kappa shape index (κ1) is 19.6. The molecular formula is C24H25N5O. The lowest BCUT2D eigenvalue weighted by Gasteiger charge is -2.08. The maximum atomic E-state index is 13.3. The van der Waals surface area contributed by atoms with Crippen LogP contribution in [0.3, 0.4) is 0 Å². The zero-order chi connectivity index (χ0) is 21.1. The fourth-order valence-corrected chi connectivity index (χ4v) is 3.63. The van der Waals surface area contributed by atoms with Crippen LogP contribution in [0.4, 0.5) is 0 Å². The highest BCUT2D eigenvalue weighted by Crippen LogP contribution is 2.27. The number of amides is 1. The second kappa shape index (κ2) is 8.37. The summed E-state index contributed by atoms with van der Waals surface area (Å²) in [6, 6.07) is 19.7. The maximum absolute atomic E-state index is 13.3. The molecule has 0 saturated carbocycles. The third-order valence-corrected chi connectivity index (χ3v) is 5.34. The van der Waals surface area contributed by atoms with Gasteiger partial charge < -0.3 is 5.32 Å². The molecule has 4 aromatic rings. The second-order valence-electron chi connectivity index (χ2n) is 7.18. The Hall–Kier alpha value is -3.67. The number of benzene rings is 2. The zero-order valence-corrected chi connectivity index (χ0v) is 17.5. The first-order valence-electron chi connectivity index (χ1n) is 10.1. The van der Waals surface area contributed by atoms with Gasteiger partial charge in [0, 0.05) is 29.9 Å². The quantitative estimate of drug-likeness (QED) is 0.526. The lowest BCUT2D eigenvalue weighted by molar-refractivity contribution is 0.0951. The van der Waals surface area contributed by atoms with Gasteiger partial charge in [0.15, 0.2) is 0 Å². The highest BCUT2D eigenvalue weighted by Gasteiger charge is 2.23. The van der Waals surface area contributed by atoms with E-state index < -0.39 is 0 Å². The van der Waals surface area contributed by atoms with Gasteiger partial charge in [-0.25, -0.2) is 4.68 Å². The lowest BCUT2D eigenvalue weighted by atomic mass is 10.1. The van der Waals surface area contributed by atoms with Gasteiger partial charge >= 0.3 is 0 Å². The number of aromatic nitrogens is 4. The molecule has 0 unspecified atom stereocenters. The molecule has 0 atom stereocenters. The van der Waals surface area contributed by atoms with Crippen molar-refractivity contribution in [2.45, 2.75) is 33.9 Å². The van der Waals surface area contributed by atoms with Crippen molar-refractivity contribution in [3.63, 3.8) is 0 Å². The summed E-state index contributed by atoms with van der Waals surface area (Å²) < 4.78 is 3.76. The van der Waals surface area contributed by atoms with Crippen LogP contribution in [0.25, 0.3) is 16.9 Å². The molecule has 0 fully saturated rings. The molecular weight excluding hydrogens is 374 g/mol. The van der Waals surface area contributed by atoms with Crippen molar-refractivity contribution in [3.05, 3.63) is 89.4 Å². The summed E-state index contributed by atoms with van der Waals surface area (Å²) in [4.78, 5) is 13.3. The summed E-state index contributed by atoms with van der Waals surface area (Å²) in [6.45, 7) is 7.24. The molecule has 4 rings (SSSR count). The highest BCUT2D eigenvalue weighted by molar-refractivity contribution is 6.01. The summed E-state index contributed by atoms with van der Waals surface area (Å²) >= 11 is 0. The topological polar surface area (TPSA) is 64.7 Å². The van der Waals surface area contributed by atoms with Crippen LogP contribution in [-0.2, 0) is 13.1 Å². The van der Waals surface area contributed by atoms with Crippen molar-refractivity contribution in [2.24, 2.45) is 0 Å². The van der Waals surface area contributed by atoms with E-state index in [1.165, 1.54) is 0 Å². The Morgan fingerprint density at radius 1 is 0.967 bits per heavy atom. The Morgan fingerprint density at radius 2 is 1.63 bits per heavy atom. The molecule has 1 amide bonds. The monoisotopic (exact) mass is 399 g/mol. The van der Waals surface area contributed by atoms with E-state index in [2.05, 4.69) is 17.3 Å². The van der Waals surface area contributed by atoms with Gasteiger partial charge in [-0.1, -0.05) is 48.5 Å². The largest absolute Gasteiger partial charge is 0.348 e. The third-order valence-electron chi connectivity index (χ3n) is 5.34. The first-order valence-corrected chi connectivity index (χ1v) is 10.1. The summed E-state index contributed by atoms with van der Waals surface area (Å²) in [7, 11) is 0. The Labute approximate surface area is 176 Å². The summed E-state index contributed by atoms with van der Waals surface area (Å²) in [5.74, 6) is -0.141. The summed E-state index contributed by atoms with van der Waals surface area (Å²) in [6.07, 6.45) is 1.82.